The van der Waals surface area contributed by atoms with Crippen LogP contribution in [0.2, 0.25) is 0 Å². The highest BCUT2D eigenvalue weighted by Gasteiger charge is 2.50. The molecule has 0 aromatic heterocycles. The zero-order valence-electron chi connectivity index (χ0n) is 12.6. The van der Waals surface area contributed by atoms with Crippen LogP contribution in [0.1, 0.15) is 45.6 Å². The SMILES string of the molecule is COC(=O)N(C(C)(C)C)C1(c2ccc(Br)cc2)CCC1. The molecule has 0 radical (unpaired) electrons. The van der Waals surface area contributed by atoms with Gasteiger partial charge in [-0.15, -0.1) is 0 Å². The Kier molecular flexibility index (Phi) is 4.14. The van der Waals surface area contributed by atoms with Gasteiger partial charge in [0.1, 0.15) is 0 Å². The second kappa shape index (κ2) is 5.40. The van der Waals surface area contributed by atoms with E-state index in [1.165, 1.54) is 12.7 Å². The number of methoxy groups -OCH3 is 1. The lowest BCUT2D eigenvalue weighted by Gasteiger charge is -2.55. The van der Waals surface area contributed by atoms with E-state index in [1.807, 2.05) is 17.0 Å². The summed E-state index contributed by atoms with van der Waals surface area (Å²) in [4.78, 5) is 14.2. The fourth-order valence-corrected chi connectivity index (χ4v) is 3.36. The number of carbonyl (C=O) groups is 1. The molecule has 2 rings (SSSR count). The Balaban J connectivity index is 2.47. The van der Waals surface area contributed by atoms with Crippen molar-refractivity contribution in [2.45, 2.75) is 51.1 Å². The zero-order chi connectivity index (χ0) is 15.0. The van der Waals surface area contributed by atoms with Crippen LogP contribution in [0.5, 0.6) is 0 Å². The molecule has 4 heteroatoms. The number of amides is 1. The number of halogens is 1. The lowest BCUT2D eigenvalue weighted by molar-refractivity contribution is -0.0384. The van der Waals surface area contributed by atoms with Gasteiger partial charge in [-0.1, -0.05) is 28.1 Å². The summed E-state index contributed by atoms with van der Waals surface area (Å²) in [5.41, 5.74) is 0.680. The first kappa shape index (κ1) is 15.4. The molecule has 1 aromatic rings. The molecule has 0 unspecified atom stereocenters. The van der Waals surface area contributed by atoms with Crippen molar-refractivity contribution in [1.82, 2.24) is 4.90 Å². The first-order chi connectivity index (χ1) is 9.31. The van der Waals surface area contributed by atoms with Crippen molar-refractivity contribution in [2.24, 2.45) is 0 Å². The zero-order valence-corrected chi connectivity index (χ0v) is 14.2. The summed E-state index contributed by atoms with van der Waals surface area (Å²) < 4.78 is 6.10. The fourth-order valence-electron chi connectivity index (χ4n) is 3.10. The van der Waals surface area contributed by atoms with Crippen LogP contribution in [0.3, 0.4) is 0 Å². The Morgan fingerprint density at radius 1 is 1.25 bits per heavy atom. The van der Waals surface area contributed by atoms with Crippen molar-refractivity contribution in [1.29, 1.82) is 0 Å². The van der Waals surface area contributed by atoms with Crippen LogP contribution in [0, 0.1) is 0 Å². The highest BCUT2D eigenvalue weighted by Crippen LogP contribution is 2.49. The van der Waals surface area contributed by atoms with E-state index < -0.39 is 0 Å². The second-order valence-electron chi connectivity index (χ2n) is 6.37. The van der Waals surface area contributed by atoms with E-state index >= 15 is 0 Å². The van der Waals surface area contributed by atoms with E-state index in [4.69, 9.17) is 4.74 Å². The number of ether oxygens (including phenoxy) is 1. The molecule has 1 aliphatic rings. The van der Waals surface area contributed by atoms with Crippen molar-refractivity contribution in [3.63, 3.8) is 0 Å². The molecule has 1 aromatic carbocycles. The van der Waals surface area contributed by atoms with Crippen molar-refractivity contribution in [3.8, 4) is 0 Å². The van der Waals surface area contributed by atoms with Gasteiger partial charge in [0, 0.05) is 10.0 Å². The lowest BCUT2D eigenvalue weighted by atomic mass is 9.69. The Morgan fingerprint density at radius 3 is 2.15 bits per heavy atom. The Hall–Kier alpha value is -1.03. The number of hydrogen-bond donors (Lipinski definition) is 0. The number of rotatable bonds is 2. The number of benzene rings is 1. The normalized spacial score (nSPS) is 17.2. The van der Waals surface area contributed by atoms with Gasteiger partial charge in [0.15, 0.2) is 0 Å². The van der Waals surface area contributed by atoms with Crippen LogP contribution in [0.15, 0.2) is 28.7 Å². The average molecular weight is 340 g/mol. The summed E-state index contributed by atoms with van der Waals surface area (Å²) in [7, 11) is 1.45. The highest BCUT2D eigenvalue weighted by molar-refractivity contribution is 9.10. The van der Waals surface area contributed by atoms with Gasteiger partial charge in [-0.05, 0) is 57.7 Å². The van der Waals surface area contributed by atoms with Gasteiger partial charge in [0.2, 0.25) is 0 Å². The maximum absolute atomic E-state index is 12.3. The van der Waals surface area contributed by atoms with E-state index in [-0.39, 0.29) is 17.2 Å². The van der Waals surface area contributed by atoms with Gasteiger partial charge in [-0.2, -0.15) is 0 Å². The summed E-state index contributed by atoms with van der Waals surface area (Å²) in [6.07, 6.45) is 2.86. The van der Waals surface area contributed by atoms with E-state index in [1.54, 1.807) is 0 Å². The van der Waals surface area contributed by atoms with E-state index in [0.717, 1.165) is 23.7 Å². The maximum Gasteiger partial charge on any atom is 0.410 e. The number of nitrogens with zero attached hydrogens (tertiary/aromatic N) is 1. The minimum absolute atomic E-state index is 0.230. The first-order valence-electron chi connectivity index (χ1n) is 6.95. The van der Waals surface area contributed by atoms with Crippen LogP contribution in [0.25, 0.3) is 0 Å². The number of hydrogen-bond acceptors (Lipinski definition) is 2. The molecule has 1 amide bonds. The van der Waals surface area contributed by atoms with Crippen LogP contribution < -0.4 is 0 Å². The highest BCUT2D eigenvalue weighted by atomic mass is 79.9. The molecule has 0 spiro atoms. The molecular formula is C16H22BrNO2. The Bertz CT molecular complexity index is 486. The van der Waals surface area contributed by atoms with Crippen molar-refractivity contribution >= 4 is 22.0 Å². The summed E-state index contributed by atoms with van der Waals surface area (Å²) in [6.45, 7) is 6.18. The predicted molar refractivity (Wildman–Crippen MR) is 83.7 cm³/mol. The van der Waals surface area contributed by atoms with Crippen molar-refractivity contribution in [2.75, 3.05) is 7.11 Å². The molecule has 0 heterocycles. The van der Waals surface area contributed by atoms with Gasteiger partial charge >= 0.3 is 6.09 Å². The molecule has 0 atom stereocenters. The van der Waals surface area contributed by atoms with Crippen LogP contribution >= 0.6 is 15.9 Å². The third kappa shape index (κ3) is 2.58. The van der Waals surface area contributed by atoms with Gasteiger partial charge < -0.3 is 4.74 Å². The summed E-state index contributed by atoms with van der Waals surface area (Å²) >= 11 is 3.47. The van der Waals surface area contributed by atoms with Gasteiger partial charge in [-0.3, -0.25) is 4.90 Å². The molecule has 3 nitrogen and oxygen atoms in total. The van der Waals surface area contributed by atoms with E-state index in [0.29, 0.717) is 0 Å². The smallest absolute Gasteiger partial charge is 0.410 e. The maximum atomic E-state index is 12.3. The third-order valence-corrected chi connectivity index (χ3v) is 4.55. The van der Waals surface area contributed by atoms with Crippen LogP contribution in [0.4, 0.5) is 4.79 Å². The largest absolute Gasteiger partial charge is 0.453 e. The van der Waals surface area contributed by atoms with E-state index in [9.17, 15) is 4.79 Å². The molecule has 1 saturated carbocycles. The minimum atomic E-state index is -0.277. The standard InChI is InChI=1S/C16H22BrNO2/c1-15(2,3)18(14(19)20-4)16(10-5-11-16)12-6-8-13(17)9-7-12/h6-9H,5,10-11H2,1-4H3. The first-order valence-corrected chi connectivity index (χ1v) is 7.75. The molecule has 0 bridgehead atoms. The fraction of sp³-hybridized carbons (Fsp3) is 0.562. The predicted octanol–water partition coefficient (Wildman–Crippen LogP) is 4.70. The van der Waals surface area contributed by atoms with Crippen molar-refractivity contribution in [3.05, 3.63) is 34.3 Å². The van der Waals surface area contributed by atoms with Crippen LogP contribution in [-0.2, 0) is 10.3 Å². The third-order valence-electron chi connectivity index (χ3n) is 4.02. The molecule has 1 fully saturated rings. The van der Waals surface area contributed by atoms with Crippen LogP contribution in [-0.4, -0.2) is 23.6 Å². The number of carbonyl (C=O) groups excluding carboxylic acids is 1. The quantitative estimate of drug-likeness (QED) is 0.781. The lowest BCUT2D eigenvalue weighted by Crippen LogP contribution is -2.61. The average Bonchev–Trinajstić information content (AvgIpc) is 2.32. The minimum Gasteiger partial charge on any atom is -0.453 e. The summed E-state index contributed by atoms with van der Waals surface area (Å²) in [6, 6.07) is 8.27. The van der Waals surface area contributed by atoms with Gasteiger partial charge in [0.05, 0.1) is 12.6 Å². The molecule has 0 N–H and O–H groups in total. The van der Waals surface area contributed by atoms with Gasteiger partial charge in [-0.25, -0.2) is 4.79 Å². The van der Waals surface area contributed by atoms with Gasteiger partial charge in [0.25, 0.3) is 0 Å². The molecule has 0 aliphatic heterocycles. The molecule has 0 saturated heterocycles. The molecule has 1 aliphatic carbocycles. The Labute approximate surface area is 129 Å². The molecule has 20 heavy (non-hydrogen) atoms. The summed E-state index contributed by atoms with van der Waals surface area (Å²) in [5, 5.41) is 0. The molecular weight excluding hydrogens is 318 g/mol. The van der Waals surface area contributed by atoms with E-state index in [2.05, 4.69) is 48.8 Å². The second-order valence-corrected chi connectivity index (χ2v) is 7.28. The monoisotopic (exact) mass is 339 g/mol. The van der Waals surface area contributed by atoms with Crippen molar-refractivity contribution < 1.29 is 9.53 Å². The topological polar surface area (TPSA) is 29.5 Å². The molecule has 110 valence electrons. The Morgan fingerprint density at radius 2 is 1.80 bits per heavy atom. The summed E-state index contributed by atoms with van der Waals surface area (Å²) in [5.74, 6) is 0.